The van der Waals surface area contributed by atoms with Crippen molar-refractivity contribution < 1.29 is 0 Å². The van der Waals surface area contributed by atoms with Crippen LogP contribution in [-0.2, 0) is 6.42 Å². The van der Waals surface area contributed by atoms with Crippen LogP contribution in [0, 0.1) is 6.92 Å². The van der Waals surface area contributed by atoms with E-state index in [1.807, 2.05) is 13.0 Å². The lowest BCUT2D eigenvalue weighted by atomic mass is 10.3. The van der Waals surface area contributed by atoms with Gasteiger partial charge >= 0.3 is 0 Å². The molecule has 68 valence electrons. The molecule has 0 radical (unpaired) electrons. The van der Waals surface area contributed by atoms with Crippen LogP contribution in [0.5, 0.6) is 0 Å². The Morgan fingerprint density at radius 1 is 1.46 bits per heavy atom. The van der Waals surface area contributed by atoms with Crippen molar-refractivity contribution in [3.63, 3.8) is 0 Å². The molecule has 0 aliphatic carbocycles. The summed E-state index contributed by atoms with van der Waals surface area (Å²) < 4.78 is 1.72. The molecule has 4 heteroatoms. The molecule has 0 aromatic carbocycles. The van der Waals surface area contributed by atoms with Crippen LogP contribution in [0.4, 0.5) is 0 Å². The second-order valence-electron chi connectivity index (χ2n) is 3.11. The fourth-order valence-corrected chi connectivity index (χ4v) is 1.26. The molecule has 4 nitrogen and oxygen atoms in total. The predicted octanol–water partition coefficient (Wildman–Crippen LogP) is 1.39. The summed E-state index contributed by atoms with van der Waals surface area (Å²) in [6.45, 7) is 4.07. The van der Waals surface area contributed by atoms with Crippen LogP contribution >= 0.6 is 0 Å². The average molecular weight is 176 g/mol. The van der Waals surface area contributed by atoms with Crippen LogP contribution in [0.15, 0.2) is 12.4 Å². The minimum atomic E-state index is 0.885. The first kappa shape index (κ1) is 8.16. The number of hydrogen-bond acceptors (Lipinski definition) is 3. The monoisotopic (exact) mass is 176 g/mol. The van der Waals surface area contributed by atoms with E-state index in [2.05, 4.69) is 22.0 Å². The highest BCUT2D eigenvalue weighted by Gasteiger charge is 2.01. The number of fused-ring (bicyclic) bond motifs is 1. The number of aryl methyl sites for hydroxylation is 2. The van der Waals surface area contributed by atoms with Crippen molar-refractivity contribution in [2.24, 2.45) is 0 Å². The van der Waals surface area contributed by atoms with E-state index < -0.39 is 0 Å². The van der Waals surface area contributed by atoms with Crippen molar-refractivity contribution in [1.29, 1.82) is 0 Å². The van der Waals surface area contributed by atoms with Crippen LogP contribution in [0.2, 0.25) is 0 Å². The molecule has 0 spiro atoms. The van der Waals surface area contributed by atoms with Gasteiger partial charge in [-0.1, -0.05) is 6.92 Å². The van der Waals surface area contributed by atoms with Gasteiger partial charge in [0.2, 0.25) is 0 Å². The lowest BCUT2D eigenvalue weighted by Crippen LogP contribution is -1.91. The Balaban J connectivity index is 2.49. The third-order valence-corrected chi connectivity index (χ3v) is 1.88. The highest BCUT2D eigenvalue weighted by molar-refractivity contribution is 5.37. The molecule has 2 aromatic heterocycles. The zero-order valence-corrected chi connectivity index (χ0v) is 7.86. The van der Waals surface area contributed by atoms with Crippen molar-refractivity contribution in [3.05, 3.63) is 23.9 Å². The highest BCUT2D eigenvalue weighted by Crippen LogP contribution is 2.03. The highest BCUT2D eigenvalue weighted by atomic mass is 15.3. The van der Waals surface area contributed by atoms with E-state index in [0.717, 1.165) is 30.0 Å². The third kappa shape index (κ3) is 1.52. The average Bonchev–Trinajstić information content (AvgIpc) is 2.46. The first-order valence-corrected chi connectivity index (χ1v) is 4.47. The molecule has 0 saturated carbocycles. The molecule has 0 aliphatic heterocycles. The van der Waals surface area contributed by atoms with E-state index in [0.29, 0.717) is 0 Å². The van der Waals surface area contributed by atoms with Crippen molar-refractivity contribution in [2.75, 3.05) is 0 Å². The summed E-state index contributed by atoms with van der Waals surface area (Å²) in [4.78, 5) is 8.52. The zero-order valence-electron chi connectivity index (χ0n) is 7.86. The quantitative estimate of drug-likeness (QED) is 0.694. The van der Waals surface area contributed by atoms with Crippen molar-refractivity contribution in [2.45, 2.75) is 26.7 Å². The summed E-state index contributed by atoms with van der Waals surface area (Å²) in [6, 6.07) is 1.94. The Morgan fingerprint density at radius 2 is 2.31 bits per heavy atom. The zero-order chi connectivity index (χ0) is 9.26. The largest absolute Gasteiger partial charge is 0.241 e. The summed E-state index contributed by atoms with van der Waals surface area (Å²) in [5, 5.41) is 4.29. The Bertz CT molecular complexity index is 418. The molecule has 0 fully saturated rings. The molecule has 0 unspecified atom stereocenters. The summed E-state index contributed by atoms with van der Waals surface area (Å²) in [7, 11) is 0. The predicted molar refractivity (Wildman–Crippen MR) is 49.5 cm³/mol. The van der Waals surface area contributed by atoms with Gasteiger partial charge in [0, 0.05) is 18.2 Å². The Kier molecular flexibility index (Phi) is 1.96. The number of nitrogens with zero attached hydrogens (tertiary/aromatic N) is 4. The second-order valence-corrected chi connectivity index (χ2v) is 3.11. The lowest BCUT2D eigenvalue weighted by molar-refractivity contribution is 0.810. The molecule has 0 N–H and O–H groups in total. The van der Waals surface area contributed by atoms with E-state index in [-0.39, 0.29) is 0 Å². The number of hydrogen-bond donors (Lipinski definition) is 0. The van der Waals surface area contributed by atoms with Crippen LogP contribution in [-0.4, -0.2) is 19.6 Å². The smallest absolute Gasteiger partial charge is 0.159 e. The van der Waals surface area contributed by atoms with Gasteiger partial charge in [0.05, 0.1) is 0 Å². The van der Waals surface area contributed by atoms with Gasteiger partial charge in [0.1, 0.15) is 6.33 Å². The van der Waals surface area contributed by atoms with Gasteiger partial charge in [-0.25, -0.2) is 14.5 Å². The fraction of sp³-hybridized carbons (Fsp3) is 0.444. The van der Waals surface area contributed by atoms with Crippen molar-refractivity contribution in [1.82, 2.24) is 19.6 Å². The Labute approximate surface area is 76.6 Å². The summed E-state index contributed by atoms with van der Waals surface area (Å²) in [5.41, 5.74) is 1.86. The SMILES string of the molecule is CCCc1nc2cc(C)ncn2n1. The van der Waals surface area contributed by atoms with Crippen LogP contribution in [0.3, 0.4) is 0 Å². The van der Waals surface area contributed by atoms with Gasteiger partial charge in [0.15, 0.2) is 11.5 Å². The molecule has 0 saturated heterocycles. The van der Waals surface area contributed by atoms with Crippen LogP contribution < -0.4 is 0 Å². The topological polar surface area (TPSA) is 43.1 Å². The van der Waals surface area contributed by atoms with Crippen molar-refractivity contribution in [3.8, 4) is 0 Å². The third-order valence-electron chi connectivity index (χ3n) is 1.88. The maximum atomic E-state index is 4.38. The normalized spacial score (nSPS) is 10.9. The van der Waals surface area contributed by atoms with Gasteiger partial charge in [-0.05, 0) is 13.3 Å². The van der Waals surface area contributed by atoms with Gasteiger partial charge in [-0.3, -0.25) is 0 Å². The van der Waals surface area contributed by atoms with E-state index in [1.165, 1.54) is 0 Å². The molecule has 13 heavy (non-hydrogen) atoms. The summed E-state index contributed by atoms with van der Waals surface area (Å²) in [5.74, 6) is 0.898. The summed E-state index contributed by atoms with van der Waals surface area (Å²) >= 11 is 0. The van der Waals surface area contributed by atoms with Gasteiger partial charge in [-0.15, -0.1) is 5.10 Å². The molecule has 2 heterocycles. The fourth-order valence-electron chi connectivity index (χ4n) is 1.26. The molecule has 0 aliphatic rings. The molecule has 0 amide bonds. The van der Waals surface area contributed by atoms with Crippen LogP contribution in [0.25, 0.3) is 5.65 Å². The Morgan fingerprint density at radius 3 is 3.08 bits per heavy atom. The second kappa shape index (κ2) is 3.12. The van der Waals surface area contributed by atoms with Crippen LogP contribution in [0.1, 0.15) is 24.9 Å². The molecular formula is C9H12N4. The standard InChI is InChI=1S/C9H12N4/c1-3-4-8-11-9-5-7(2)10-6-13(9)12-8/h5-6H,3-4H2,1-2H3. The van der Waals surface area contributed by atoms with Gasteiger partial charge in [-0.2, -0.15) is 0 Å². The van der Waals surface area contributed by atoms with E-state index in [1.54, 1.807) is 10.8 Å². The van der Waals surface area contributed by atoms with E-state index >= 15 is 0 Å². The van der Waals surface area contributed by atoms with E-state index in [4.69, 9.17) is 0 Å². The first-order valence-electron chi connectivity index (χ1n) is 4.47. The minimum Gasteiger partial charge on any atom is -0.241 e. The molecule has 2 aromatic rings. The first-order chi connectivity index (χ1) is 6.29. The lowest BCUT2D eigenvalue weighted by Gasteiger charge is -1.90. The maximum Gasteiger partial charge on any atom is 0.159 e. The Hall–Kier alpha value is -1.45. The molecule has 2 rings (SSSR count). The van der Waals surface area contributed by atoms with Gasteiger partial charge in [0.25, 0.3) is 0 Å². The minimum absolute atomic E-state index is 0.885. The molecular weight excluding hydrogens is 164 g/mol. The molecule has 0 bridgehead atoms. The summed E-state index contributed by atoms with van der Waals surface area (Å²) in [6.07, 6.45) is 3.71. The maximum absolute atomic E-state index is 4.38. The number of rotatable bonds is 2. The van der Waals surface area contributed by atoms with Gasteiger partial charge < -0.3 is 0 Å². The molecule has 0 atom stereocenters. The van der Waals surface area contributed by atoms with Crippen molar-refractivity contribution >= 4 is 5.65 Å². The number of aromatic nitrogens is 4. The van der Waals surface area contributed by atoms with E-state index in [9.17, 15) is 0 Å².